The first-order chi connectivity index (χ1) is 13.3. The maximum atomic E-state index is 6.10. The van der Waals surface area contributed by atoms with Gasteiger partial charge in [-0.3, -0.25) is 0 Å². The zero-order valence-electron chi connectivity index (χ0n) is 15.9. The van der Waals surface area contributed by atoms with Gasteiger partial charge in [0.15, 0.2) is 0 Å². The summed E-state index contributed by atoms with van der Waals surface area (Å²) in [5.74, 6) is 1.87. The van der Waals surface area contributed by atoms with Crippen LogP contribution in [-0.4, -0.2) is 36.2 Å². The molecule has 1 aromatic carbocycles. The van der Waals surface area contributed by atoms with E-state index in [0.29, 0.717) is 12.6 Å². The lowest BCUT2D eigenvalue weighted by Crippen LogP contribution is -2.15. The van der Waals surface area contributed by atoms with Crippen LogP contribution in [-0.2, 0) is 0 Å². The third-order valence-electron chi connectivity index (χ3n) is 5.24. The van der Waals surface area contributed by atoms with Gasteiger partial charge < -0.3 is 20.4 Å². The second kappa shape index (κ2) is 8.44. The van der Waals surface area contributed by atoms with Crippen LogP contribution in [0.5, 0.6) is 5.75 Å². The molecule has 0 atom stereocenters. The lowest BCUT2D eigenvalue weighted by molar-refractivity contribution is 0.311. The number of fused-ring (bicyclic) bond motifs is 1. The number of aromatic nitrogens is 2. The first-order valence-electron chi connectivity index (χ1n) is 9.96. The standard InChI is InChI=1S/C22H28N4O/c1-23-12-6-14-27-20-10-5-4-9-17(20)19-15-21(25-16-7-2-3-8-16)26-22-18(19)11-13-24-22/h4-5,9-11,13,15-16,23H,2-3,6-8,12,14H2,1H3,(H2,24,25,26). The van der Waals surface area contributed by atoms with E-state index in [1.165, 1.54) is 25.7 Å². The highest BCUT2D eigenvalue weighted by atomic mass is 16.5. The van der Waals surface area contributed by atoms with Crippen LogP contribution >= 0.6 is 0 Å². The SMILES string of the molecule is CNCCCOc1ccccc1-c1cc(NC2CCCC2)nc2[nH]ccc12. The van der Waals surface area contributed by atoms with Crippen LogP contribution in [0.3, 0.4) is 0 Å². The van der Waals surface area contributed by atoms with E-state index in [0.717, 1.165) is 46.7 Å². The molecule has 2 heterocycles. The second-order valence-corrected chi connectivity index (χ2v) is 7.22. The van der Waals surface area contributed by atoms with Crippen molar-refractivity contribution in [2.24, 2.45) is 0 Å². The van der Waals surface area contributed by atoms with Crippen LogP contribution in [0.15, 0.2) is 42.6 Å². The molecule has 0 radical (unpaired) electrons. The van der Waals surface area contributed by atoms with E-state index in [9.17, 15) is 0 Å². The molecule has 5 heteroatoms. The summed E-state index contributed by atoms with van der Waals surface area (Å²) in [5, 5.41) is 7.92. The molecule has 4 rings (SSSR count). The third kappa shape index (κ3) is 4.08. The summed E-state index contributed by atoms with van der Waals surface area (Å²) in [6.45, 7) is 1.65. The van der Waals surface area contributed by atoms with E-state index in [2.05, 4.69) is 45.9 Å². The Labute approximate surface area is 160 Å². The number of nitrogens with zero attached hydrogens (tertiary/aromatic N) is 1. The molecule has 1 saturated carbocycles. The molecule has 1 aliphatic carbocycles. The van der Waals surface area contributed by atoms with Crippen LogP contribution in [0.4, 0.5) is 5.82 Å². The smallest absolute Gasteiger partial charge is 0.140 e. The fraction of sp³-hybridized carbons (Fsp3) is 0.409. The van der Waals surface area contributed by atoms with Crippen molar-refractivity contribution in [2.45, 2.75) is 38.1 Å². The van der Waals surface area contributed by atoms with Crippen molar-refractivity contribution in [1.29, 1.82) is 0 Å². The molecule has 27 heavy (non-hydrogen) atoms. The monoisotopic (exact) mass is 364 g/mol. The molecule has 0 unspecified atom stereocenters. The molecule has 0 spiro atoms. The van der Waals surface area contributed by atoms with Crippen LogP contribution < -0.4 is 15.4 Å². The summed E-state index contributed by atoms with van der Waals surface area (Å²) in [6, 6.07) is 13.1. The molecule has 0 amide bonds. The van der Waals surface area contributed by atoms with Gasteiger partial charge in [0.05, 0.1) is 6.61 Å². The highest BCUT2D eigenvalue weighted by molar-refractivity contribution is 5.96. The third-order valence-corrected chi connectivity index (χ3v) is 5.24. The number of hydrogen-bond donors (Lipinski definition) is 3. The topological polar surface area (TPSA) is 62.0 Å². The Morgan fingerprint density at radius 1 is 1.15 bits per heavy atom. The van der Waals surface area contributed by atoms with Crippen molar-refractivity contribution in [2.75, 3.05) is 25.5 Å². The van der Waals surface area contributed by atoms with Crippen molar-refractivity contribution < 1.29 is 4.74 Å². The Kier molecular flexibility index (Phi) is 5.58. The Hall–Kier alpha value is -2.53. The molecular weight excluding hydrogens is 336 g/mol. The van der Waals surface area contributed by atoms with E-state index < -0.39 is 0 Å². The Morgan fingerprint density at radius 2 is 2.00 bits per heavy atom. The summed E-state index contributed by atoms with van der Waals surface area (Å²) in [7, 11) is 1.96. The number of aromatic amines is 1. The zero-order chi connectivity index (χ0) is 18.5. The molecule has 5 nitrogen and oxygen atoms in total. The molecule has 0 aliphatic heterocycles. The number of ether oxygens (including phenoxy) is 1. The summed E-state index contributed by atoms with van der Waals surface area (Å²) in [6.07, 6.45) is 8.00. The molecule has 3 N–H and O–H groups in total. The van der Waals surface area contributed by atoms with Crippen molar-refractivity contribution in [3.63, 3.8) is 0 Å². The number of para-hydroxylation sites is 1. The minimum atomic E-state index is 0.533. The minimum Gasteiger partial charge on any atom is -0.493 e. The normalized spacial score (nSPS) is 14.7. The fourth-order valence-corrected chi connectivity index (χ4v) is 3.86. The Morgan fingerprint density at radius 3 is 2.85 bits per heavy atom. The quantitative estimate of drug-likeness (QED) is 0.512. The molecule has 0 bridgehead atoms. The highest BCUT2D eigenvalue weighted by Crippen LogP contribution is 2.36. The molecule has 0 saturated heterocycles. The fourth-order valence-electron chi connectivity index (χ4n) is 3.86. The van der Waals surface area contributed by atoms with E-state index in [4.69, 9.17) is 9.72 Å². The largest absolute Gasteiger partial charge is 0.493 e. The average Bonchev–Trinajstić information content (AvgIpc) is 3.37. The van der Waals surface area contributed by atoms with Gasteiger partial charge in [0, 0.05) is 28.8 Å². The summed E-state index contributed by atoms with van der Waals surface area (Å²) < 4.78 is 6.10. The predicted molar refractivity (Wildman–Crippen MR) is 111 cm³/mol. The average molecular weight is 364 g/mol. The van der Waals surface area contributed by atoms with Crippen molar-refractivity contribution in [3.05, 3.63) is 42.6 Å². The molecule has 3 aromatic rings. The molecule has 142 valence electrons. The predicted octanol–water partition coefficient (Wildman–Crippen LogP) is 4.57. The number of anilines is 1. The first kappa shape index (κ1) is 17.9. The van der Waals surface area contributed by atoms with E-state index >= 15 is 0 Å². The van der Waals surface area contributed by atoms with Crippen LogP contribution in [0.1, 0.15) is 32.1 Å². The van der Waals surface area contributed by atoms with Gasteiger partial charge in [0.1, 0.15) is 17.2 Å². The van der Waals surface area contributed by atoms with Gasteiger partial charge in [-0.1, -0.05) is 31.0 Å². The molecule has 1 aliphatic rings. The summed E-state index contributed by atoms with van der Waals surface area (Å²) in [5.41, 5.74) is 3.19. The lowest BCUT2D eigenvalue weighted by atomic mass is 10.0. The van der Waals surface area contributed by atoms with Crippen molar-refractivity contribution >= 4 is 16.9 Å². The highest BCUT2D eigenvalue weighted by Gasteiger charge is 2.17. The van der Waals surface area contributed by atoms with Gasteiger partial charge in [0.25, 0.3) is 0 Å². The van der Waals surface area contributed by atoms with Gasteiger partial charge in [-0.05, 0) is 51.1 Å². The second-order valence-electron chi connectivity index (χ2n) is 7.22. The number of benzene rings is 1. The van der Waals surface area contributed by atoms with Gasteiger partial charge in [0.2, 0.25) is 0 Å². The molecule has 2 aromatic heterocycles. The summed E-state index contributed by atoms with van der Waals surface area (Å²) >= 11 is 0. The summed E-state index contributed by atoms with van der Waals surface area (Å²) in [4.78, 5) is 8.06. The number of H-pyrrole nitrogens is 1. The minimum absolute atomic E-state index is 0.533. The molecule has 1 fully saturated rings. The number of nitrogens with one attached hydrogen (secondary N) is 3. The zero-order valence-corrected chi connectivity index (χ0v) is 15.9. The number of hydrogen-bond acceptors (Lipinski definition) is 4. The van der Waals surface area contributed by atoms with Crippen LogP contribution in [0.2, 0.25) is 0 Å². The van der Waals surface area contributed by atoms with E-state index in [1.807, 2.05) is 19.3 Å². The maximum Gasteiger partial charge on any atom is 0.140 e. The Bertz CT molecular complexity index is 883. The van der Waals surface area contributed by atoms with Gasteiger partial charge in [-0.2, -0.15) is 0 Å². The van der Waals surface area contributed by atoms with Crippen molar-refractivity contribution in [3.8, 4) is 16.9 Å². The van der Waals surface area contributed by atoms with Crippen molar-refractivity contribution in [1.82, 2.24) is 15.3 Å². The Balaban J connectivity index is 1.67. The molecular formula is C22H28N4O. The van der Waals surface area contributed by atoms with Gasteiger partial charge >= 0.3 is 0 Å². The first-order valence-corrected chi connectivity index (χ1v) is 9.96. The van der Waals surface area contributed by atoms with Gasteiger partial charge in [-0.25, -0.2) is 4.98 Å². The number of rotatable bonds is 8. The van der Waals surface area contributed by atoms with Gasteiger partial charge in [-0.15, -0.1) is 0 Å². The van der Waals surface area contributed by atoms with E-state index in [1.54, 1.807) is 0 Å². The maximum absolute atomic E-state index is 6.10. The van der Waals surface area contributed by atoms with Crippen LogP contribution in [0.25, 0.3) is 22.2 Å². The lowest BCUT2D eigenvalue weighted by Gasteiger charge is -2.16. The number of pyridine rings is 1. The van der Waals surface area contributed by atoms with Crippen LogP contribution in [0, 0.1) is 0 Å². The van der Waals surface area contributed by atoms with E-state index in [-0.39, 0.29) is 0 Å².